The fourth-order valence-corrected chi connectivity index (χ4v) is 3.86. The lowest BCUT2D eigenvalue weighted by Crippen LogP contribution is -2.13. The second-order valence-electron chi connectivity index (χ2n) is 4.59. The van der Waals surface area contributed by atoms with Gasteiger partial charge in [0.15, 0.2) is 16.8 Å². The Balaban J connectivity index is 1.86. The molecule has 0 aliphatic heterocycles. The average molecular weight is 352 g/mol. The zero-order chi connectivity index (χ0) is 16.4. The molecule has 0 amide bonds. The van der Waals surface area contributed by atoms with Crippen molar-refractivity contribution in [2.24, 2.45) is 0 Å². The summed E-state index contributed by atoms with van der Waals surface area (Å²) in [5.41, 5.74) is 1.47. The molecule has 1 aromatic heterocycles. The Bertz CT molecular complexity index is 941. The summed E-state index contributed by atoms with van der Waals surface area (Å²) in [4.78, 5) is 3.82. The third-order valence-electron chi connectivity index (χ3n) is 3.00. The molecular formula is C15H10F2N2O2S2. The summed E-state index contributed by atoms with van der Waals surface area (Å²) >= 11 is 1.10. The minimum atomic E-state index is -4.03. The second kappa shape index (κ2) is 6.05. The minimum absolute atomic E-state index is 0.147. The van der Waals surface area contributed by atoms with Crippen LogP contribution in [0.25, 0.3) is 11.3 Å². The molecule has 0 saturated carbocycles. The van der Waals surface area contributed by atoms with Gasteiger partial charge in [0.1, 0.15) is 0 Å². The van der Waals surface area contributed by atoms with E-state index in [9.17, 15) is 17.2 Å². The van der Waals surface area contributed by atoms with Crippen LogP contribution in [0.1, 0.15) is 0 Å². The Morgan fingerprint density at radius 1 is 1.00 bits per heavy atom. The number of hydrogen-bond acceptors (Lipinski definition) is 4. The molecule has 0 atom stereocenters. The highest BCUT2D eigenvalue weighted by Gasteiger charge is 2.18. The van der Waals surface area contributed by atoms with Crippen molar-refractivity contribution in [1.29, 1.82) is 0 Å². The number of benzene rings is 2. The number of hydrogen-bond donors (Lipinski definition) is 1. The molecule has 0 fully saturated rings. The van der Waals surface area contributed by atoms with E-state index in [0.717, 1.165) is 29.0 Å². The summed E-state index contributed by atoms with van der Waals surface area (Å²) in [6.07, 6.45) is 0. The molecule has 3 rings (SSSR count). The van der Waals surface area contributed by atoms with Crippen molar-refractivity contribution in [2.75, 3.05) is 4.72 Å². The third kappa shape index (κ3) is 3.38. The largest absolute Gasteiger partial charge is 0.263 e. The number of rotatable bonds is 4. The smallest absolute Gasteiger partial charge is 0.255 e. The SMILES string of the molecule is O=S(=O)(Nc1nc(-c2ccccc2)cs1)c1ccc(F)c(F)c1. The van der Waals surface area contributed by atoms with Crippen LogP contribution in [0.4, 0.5) is 13.9 Å². The minimum Gasteiger partial charge on any atom is -0.255 e. The Hall–Kier alpha value is -2.32. The van der Waals surface area contributed by atoms with Crippen molar-refractivity contribution < 1.29 is 17.2 Å². The van der Waals surface area contributed by atoms with Crippen LogP contribution < -0.4 is 4.72 Å². The molecule has 0 spiro atoms. The molecule has 0 saturated heterocycles. The van der Waals surface area contributed by atoms with E-state index < -0.39 is 21.7 Å². The van der Waals surface area contributed by atoms with E-state index >= 15 is 0 Å². The summed E-state index contributed by atoms with van der Waals surface area (Å²) in [6, 6.07) is 11.6. The van der Waals surface area contributed by atoms with Gasteiger partial charge in [-0.3, -0.25) is 4.72 Å². The van der Waals surface area contributed by atoms with Gasteiger partial charge < -0.3 is 0 Å². The molecule has 1 heterocycles. The number of nitrogens with one attached hydrogen (secondary N) is 1. The van der Waals surface area contributed by atoms with E-state index in [1.807, 2.05) is 30.3 Å². The topological polar surface area (TPSA) is 59.1 Å². The second-order valence-corrected chi connectivity index (χ2v) is 7.13. The van der Waals surface area contributed by atoms with Gasteiger partial charge in [-0.1, -0.05) is 30.3 Å². The lowest BCUT2D eigenvalue weighted by molar-refractivity contribution is 0.504. The van der Waals surface area contributed by atoms with Gasteiger partial charge in [0.25, 0.3) is 10.0 Å². The molecule has 0 aliphatic carbocycles. The van der Waals surface area contributed by atoms with Gasteiger partial charge in [-0.2, -0.15) is 0 Å². The quantitative estimate of drug-likeness (QED) is 0.775. The van der Waals surface area contributed by atoms with Crippen LogP contribution >= 0.6 is 11.3 Å². The van der Waals surface area contributed by atoms with Crippen LogP contribution in [0.5, 0.6) is 0 Å². The predicted octanol–water partition coefficient (Wildman–Crippen LogP) is 3.89. The Morgan fingerprint density at radius 2 is 1.74 bits per heavy atom. The molecule has 0 unspecified atom stereocenters. The zero-order valence-electron chi connectivity index (χ0n) is 11.5. The number of anilines is 1. The molecule has 0 bridgehead atoms. The van der Waals surface area contributed by atoms with Gasteiger partial charge in [-0.25, -0.2) is 22.2 Å². The summed E-state index contributed by atoms with van der Waals surface area (Å²) in [5, 5.41) is 1.85. The van der Waals surface area contributed by atoms with Crippen LogP contribution in [0, 0.1) is 11.6 Å². The highest BCUT2D eigenvalue weighted by molar-refractivity contribution is 7.93. The number of aromatic nitrogens is 1. The van der Waals surface area contributed by atoms with Gasteiger partial charge in [0.05, 0.1) is 10.6 Å². The molecule has 2 aromatic carbocycles. The fraction of sp³-hybridized carbons (Fsp3) is 0. The van der Waals surface area contributed by atoms with E-state index in [4.69, 9.17) is 0 Å². The van der Waals surface area contributed by atoms with Gasteiger partial charge in [0, 0.05) is 10.9 Å². The maximum Gasteiger partial charge on any atom is 0.263 e. The molecule has 118 valence electrons. The lowest BCUT2D eigenvalue weighted by atomic mass is 10.2. The van der Waals surface area contributed by atoms with E-state index in [2.05, 4.69) is 9.71 Å². The normalized spacial score (nSPS) is 11.4. The highest BCUT2D eigenvalue weighted by atomic mass is 32.2. The zero-order valence-corrected chi connectivity index (χ0v) is 13.2. The fourth-order valence-electron chi connectivity index (χ4n) is 1.88. The summed E-state index contributed by atoms with van der Waals surface area (Å²) in [6.45, 7) is 0. The van der Waals surface area contributed by atoms with Gasteiger partial charge in [0.2, 0.25) is 0 Å². The molecule has 0 radical (unpaired) electrons. The summed E-state index contributed by atoms with van der Waals surface area (Å²) in [7, 11) is -4.03. The number of sulfonamides is 1. The van der Waals surface area contributed by atoms with Crippen LogP contribution in [0.15, 0.2) is 58.8 Å². The highest BCUT2D eigenvalue weighted by Crippen LogP contribution is 2.26. The van der Waals surface area contributed by atoms with Crippen molar-refractivity contribution in [1.82, 2.24) is 4.98 Å². The maximum atomic E-state index is 13.2. The monoisotopic (exact) mass is 352 g/mol. The lowest BCUT2D eigenvalue weighted by Gasteiger charge is -2.05. The maximum absolute atomic E-state index is 13.2. The first-order valence-corrected chi connectivity index (χ1v) is 8.81. The van der Waals surface area contributed by atoms with Crippen molar-refractivity contribution in [2.45, 2.75) is 4.90 Å². The standard InChI is InChI=1S/C15H10F2N2O2S2/c16-12-7-6-11(8-13(12)17)23(20,21)19-15-18-14(9-22-15)10-4-2-1-3-5-10/h1-9H,(H,18,19). The molecule has 1 N–H and O–H groups in total. The Morgan fingerprint density at radius 3 is 2.43 bits per heavy atom. The molecule has 3 aromatic rings. The average Bonchev–Trinajstić information content (AvgIpc) is 2.98. The number of halogens is 2. The summed E-state index contributed by atoms with van der Waals surface area (Å²) in [5.74, 6) is -2.33. The van der Waals surface area contributed by atoms with Crippen LogP contribution in [0.3, 0.4) is 0 Å². The Labute approximate surface area is 135 Å². The molecule has 8 heteroatoms. The van der Waals surface area contributed by atoms with Crippen molar-refractivity contribution in [3.05, 3.63) is 65.5 Å². The van der Waals surface area contributed by atoms with E-state index in [1.54, 1.807) is 5.38 Å². The molecule has 23 heavy (non-hydrogen) atoms. The number of nitrogens with zero attached hydrogens (tertiary/aromatic N) is 1. The predicted molar refractivity (Wildman–Crippen MR) is 84.7 cm³/mol. The molecule has 4 nitrogen and oxygen atoms in total. The van der Waals surface area contributed by atoms with Crippen molar-refractivity contribution >= 4 is 26.5 Å². The number of thiazole rings is 1. The van der Waals surface area contributed by atoms with Crippen LogP contribution in [0.2, 0.25) is 0 Å². The first kappa shape index (κ1) is 15.6. The van der Waals surface area contributed by atoms with Crippen LogP contribution in [-0.2, 0) is 10.0 Å². The van der Waals surface area contributed by atoms with E-state index in [0.29, 0.717) is 11.8 Å². The first-order chi connectivity index (χ1) is 11.0. The molecular weight excluding hydrogens is 342 g/mol. The van der Waals surface area contributed by atoms with E-state index in [-0.39, 0.29) is 10.0 Å². The van der Waals surface area contributed by atoms with Crippen LogP contribution in [-0.4, -0.2) is 13.4 Å². The van der Waals surface area contributed by atoms with Crippen molar-refractivity contribution in [3.63, 3.8) is 0 Å². The Kier molecular flexibility index (Phi) is 4.10. The molecule has 0 aliphatic rings. The van der Waals surface area contributed by atoms with E-state index in [1.165, 1.54) is 0 Å². The van der Waals surface area contributed by atoms with Gasteiger partial charge in [-0.15, -0.1) is 11.3 Å². The van der Waals surface area contributed by atoms with Gasteiger partial charge >= 0.3 is 0 Å². The summed E-state index contributed by atoms with van der Waals surface area (Å²) < 4.78 is 52.7. The third-order valence-corrected chi connectivity index (χ3v) is 5.22. The van der Waals surface area contributed by atoms with Gasteiger partial charge in [-0.05, 0) is 18.2 Å². The van der Waals surface area contributed by atoms with Crippen molar-refractivity contribution in [3.8, 4) is 11.3 Å². The first-order valence-electron chi connectivity index (χ1n) is 6.44.